The lowest BCUT2D eigenvalue weighted by molar-refractivity contribution is -0.112. The Morgan fingerprint density at radius 1 is 1.14 bits per heavy atom. The SMILES string of the molecule is CC(N)=C(C#N)C(=O)CSc1nnc(-c2ccccc2Cl)n1-c1c(C)n(C)n(-c2ccccc2)c1=O. The fourth-order valence-electron chi connectivity index (χ4n) is 3.77. The van der Waals surface area contributed by atoms with Crippen LogP contribution in [-0.2, 0) is 11.8 Å². The Morgan fingerprint density at radius 3 is 2.44 bits per heavy atom. The number of Topliss-reactive ketones (excluding diaryl/α,β-unsaturated/α-hetero) is 1. The molecule has 4 aromatic rings. The minimum atomic E-state index is -0.442. The van der Waals surface area contributed by atoms with E-state index in [-0.39, 0.29) is 22.6 Å². The van der Waals surface area contributed by atoms with Gasteiger partial charge >= 0.3 is 0 Å². The molecule has 2 heterocycles. The Labute approximate surface area is 216 Å². The van der Waals surface area contributed by atoms with E-state index in [1.165, 1.54) is 6.92 Å². The minimum Gasteiger partial charge on any atom is -0.401 e. The van der Waals surface area contributed by atoms with Crippen LogP contribution in [0.2, 0.25) is 5.02 Å². The Balaban J connectivity index is 1.91. The van der Waals surface area contributed by atoms with Crippen LogP contribution in [0.25, 0.3) is 22.8 Å². The van der Waals surface area contributed by atoms with Crippen LogP contribution in [-0.4, -0.2) is 35.7 Å². The molecule has 0 spiro atoms. The monoisotopic (exact) mass is 519 g/mol. The molecular formula is C25H22ClN7O2S. The van der Waals surface area contributed by atoms with E-state index >= 15 is 0 Å². The minimum absolute atomic E-state index is 0.109. The summed E-state index contributed by atoms with van der Waals surface area (Å²) in [7, 11) is 1.79. The molecule has 0 aliphatic rings. The number of thioether (sulfide) groups is 1. The van der Waals surface area contributed by atoms with E-state index in [0.717, 1.165) is 11.8 Å². The highest BCUT2D eigenvalue weighted by Crippen LogP contribution is 2.32. The standard InChI is InChI=1S/C25H22ClN7O2S/c1-15(28)19(13-27)21(34)14-36-25-30-29-23(18-11-7-8-12-20(18)26)32(25)22-16(2)31(3)33(24(22)35)17-9-5-4-6-10-17/h4-12H,14,28H2,1-3H3. The molecule has 4 rings (SSSR count). The molecule has 0 unspecified atom stereocenters. The molecule has 11 heteroatoms. The number of carbonyl (C=O) groups excluding carboxylic acids is 1. The zero-order valence-corrected chi connectivity index (χ0v) is 21.3. The molecule has 0 saturated heterocycles. The van der Waals surface area contributed by atoms with Gasteiger partial charge in [0.15, 0.2) is 16.8 Å². The zero-order valence-electron chi connectivity index (χ0n) is 19.8. The lowest BCUT2D eigenvalue weighted by Crippen LogP contribution is -2.22. The number of hydrogen-bond acceptors (Lipinski definition) is 7. The van der Waals surface area contributed by atoms with Gasteiger partial charge in [0.05, 0.1) is 22.2 Å². The third-order valence-corrected chi connectivity index (χ3v) is 6.87. The summed E-state index contributed by atoms with van der Waals surface area (Å²) < 4.78 is 4.91. The second-order valence-electron chi connectivity index (χ2n) is 7.91. The van der Waals surface area contributed by atoms with Crippen LogP contribution in [0, 0.1) is 18.3 Å². The molecule has 2 N–H and O–H groups in total. The normalized spacial score (nSPS) is 11.8. The summed E-state index contributed by atoms with van der Waals surface area (Å²) in [6, 6.07) is 18.2. The van der Waals surface area contributed by atoms with Crippen molar-refractivity contribution in [2.24, 2.45) is 12.8 Å². The van der Waals surface area contributed by atoms with E-state index in [1.54, 1.807) is 39.2 Å². The Bertz CT molecular complexity index is 1590. The van der Waals surface area contributed by atoms with Crippen molar-refractivity contribution in [3.8, 4) is 28.8 Å². The smallest absolute Gasteiger partial charge is 0.296 e. The largest absolute Gasteiger partial charge is 0.401 e. The summed E-state index contributed by atoms with van der Waals surface area (Å²) in [6.45, 7) is 3.32. The van der Waals surface area contributed by atoms with Gasteiger partial charge < -0.3 is 5.73 Å². The summed E-state index contributed by atoms with van der Waals surface area (Å²) in [5.41, 5.74) is 7.67. The Morgan fingerprint density at radius 2 is 1.81 bits per heavy atom. The van der Waals surface area contributed by atoms with Gasteiger partial charge in [-0.25, -0.2) is 4.68 Å². The van der Waals surface area contributed by atoms with Crippen LogP contribution in [0.1, 0.15) is 12.6 Å². The lowest BCUT2D eigenvalue weighted by Gasteiger charge is -2.10. The molecule has 36 heavy (non-hydrogen) atoms. The van der Waals surface area contributed by atoms with Gasteiger partial charge in [0, 0.05) is 18.3 Å². The molecule has 0 atom stereocenters. The van der Waals surface area contributed by atoms with E-state index < -0.39 is 5.78 Å². The van der Waals surface area contributed by atoms with Crippen molar-refractivity contribution in [3.63, 3.8) is 0 Å². The first kappa shape index (κ1) is 25.0. The predicted octanol–water partition coefficient (Wildman–Crippen LogP) is 3.80. The van der Waals surface area contributed by atoms with E-state index in [4.69, 9.17) is 17.3 Å². The number of carbonyl (C=O) groups is 1. The topological polar surface area (TPSA) is 125 Å². The zero-order chi connectivity index (χ0) is 26.0. The summed E-state index contributed by atoms with van der Waals surface area (Å²) in [5, 5.41) is 18.6. The molecule has 2 aromatic carbocycles. The molecule has 0 bridgehead atoms. The maximum absolute atomic E-state index is 13.8. The van der Waals surface area contributed by atoms with E-state index in [2.05, 4.69) is 10.2 Å². The maximum Gasteiger partial charge on any atom is 0.296 e. The number of nitrogens with zero attached hydrogens (tertiary/aromatic N) is 6. The van der Waals surface area contributed by atoms with Crippen molar-refractivity contribution in [2.75, 3.05) is 5.75 Å². The van der Waals surface area contributed by atoms with Gasteiger partial charge in [0.1, 0.15) is 17.3 Å². The van der Waals surface area contributed by atoms with Crippen LogP contribution in [0.3, 0.4) is 0 Å². The second-order valence-corrected chi connectivity index (χ2v) is 9.26. The van der Waals surface area contributed by atoms with Crippen molar-refractivity contribution in [2.45, 2.75) is 19.0 Å². The molecule has 9 nitrogen and oxygen atoms in total. The summed E-state index contributed by atoms with van der Waals surface area (Å²) in [5.74, 6) is -0.202. The van der Waals surface area contributed by atoms with Gasteiger partial charge in [-0.05, 0) is 38.1 Å². The van der Waals surface area contributed by atoms with Crippen molar-refractivity contribution in [1.82, 2.24) is 24.1 Å². The molecule has 0 aliphatic heterocycles. The molecular weight excluding hydrogens is 498 g/mol. The predicted molar refractivity (Wildman–Crippen MR) is 139 cm³/mol. The Hall–Kier alpha value is -4.07. The highest BCUT2D eigenvalue weighted by Gasteiger charge is 2.26. The molecule has 0 radical (unpaired) electrons. The summed E-state index contributed by atoms with van der Waals surface area (Å²) in [6.07, 6.45) is 0. The van der Waals surface area contributed by atoms with Gasteiger partial charge in [-0.15, -0.1) is 10.2 Å². The third kappa shape index (κ3) is 4.46. The van der Waals surface area contributed by atoms with Crippen LogP contribution in [0.15, 0.2) is 75.8 Å². The van der Waals surface area contributed by atoms with Gasteiger partial charge in [0.2, 0.25) is 0 Å². The Kier molecular flexibility index (Phi) is 7.15. The van der Waals surface area contributed by atoms with Gasteiger partial charge in [0.25, 0.3) is 5.56 Å². The van der Waals surface area contributed by atoms with E-state index in [9.17, 15) is 14.9 Å². The number of halogens is 1. The molecule has 0 aliphatic carbocycles. The molecule has 2 aromatic heterocycles. The number of para-hydroxylation sites is 1. The number of benzene rings is 2. The quantitative estimate of drug-likeness (QED) is 0.223. The fourth-order valence-corrected chi connectivity index (χ4v) is 4.80. The molecule has 182 valence electrons. The van der Waals surface area contributed by atoms with Crippen LogP contribution >= 0.6 is 23.4 Å². The van der Waals surface area contributed by atoms with Crippen LogP contribution in [0.5, 0.6) is 0 Å². The fraction of sp³-hybridized carbons (Fsp3) is 0.160. The number of allylic oxidation sites excluding steroid dienone is 2. The highest BCUT2D eigenvalue weighted by molar-refractivity contribution is 7.99. The van der Waals surface area contributed by atoms with Crippen molar-refractivity contribution in [3.05, 3.63) is 86.9 Å². The number of nitriles is 1. The van der Waals surface area contributed by atoms with E-state index in [0.29, 0.717) is 38.6 Å². The molecule has 0 fully saturated rings. The first-order chi connectivity index (χ1) is 17.3. The molecule has 0 saturated carbocycles. The summed E-state index contributed by atoms with van der Waals surface area (Å²) in [4.78, 5) is 26.4. The average Bonchev–Trinajstić information content (AvgIpc) is 3.36. The number of aromatic nitrogens is 5. The molecule has 0 amide bonds. The van der Waals surface area contributed by atoms with Crippen molar-refractivity contribution >= 4 is 29.1 Å². The first-order valence-corrected chi connectivity index (χ1v) is 12.2. The number of hydrogen-bond donors (Lipinski definition) is 1. The van der Waals surface area contributed by atoms with Crippen LogP contribution in [0.4, 0.5) is 0 Å². The van der Waals surface area contributed by atoms with Crippen molar-refractivity contribution in [1.29, 1.82) is 5.26 Å². The van der Waals surface area contributed by atoms with Crippen molar-refractivity contribution < 1.29 is 4.79 Å². The van der Waals surface area contributed by atoms with E-state index in [1.807, 2.05) is 49.4 Å². The second kappa shape index (κ2) is 10.3. The third-order valence-electron chi connectivity index (χ3n) is 5.61. The van der Waals surface area contributed by atoms with Gasteiger partial charge in [-0.2, -0.15) is 5.26 Å². The van der Waals surface area contributed by atoms with Gasteiger partial charge in [-0.3, -0.25) is 18.8 Å². The lowest BCUT2D eigenvalue weighted by atomic mass is 10.2. The average molecular weight is 520 g/mol. The highest BCUT2D eigenvalue weighted by atomic mass is 35.5. The van der Waals surface area contributed by atoms with Gasteiger partial charge in [-0.1, -0.05) is 53.7 Å². The number of rotatable bonds is 7. The number of ketones is 1. The first-order valence-electron chi connectivity index (χ1n) is 10.8. The summed E-state index contributed by atoms with van der Waals surface area (Å²) >= 11 is 7.53. The number of nitrogens with two attached hydrogens (primary N) is 1. The maximum atomic E-state index is 13.8. The van der Waals surface area contributed by atoms with Crippen LogP contribution < -0.4 is 11.3 Å².